The van der Waals surface area contributed by atoms with Crippen molar-refractivity contribution in [3.8, 4) is 0 Å². The van der Waals surface area contributed by atoms with Gasteiger partial charge in [0.15, 0.2) is 0 Å². The molecule has 130 valence electrons. The molecule has 0 aliphatic carbocycles. The van der Waals surface area contributed by atoms with Crippen molar-refractivity contribution in [2.45, 2.75) is 23.9 Å². The molecule has 2 fully saturated rings. The van der Waals surface area contributed by atoms with E-state index in [2.05, 4.69) is 5.32 Å². The first kappa shape index (κ1) is 18.5. The van der Waals surface area contributed by atoms with Gasteiger partial charge in [0.05, 0.1) is 10.5 Å². The zero-order valence-electron chi connectivity index (χ0n) is 12.3. The Kier molecular flexibility index (Phi) is 5.02. The maximum Gasteiger partial charge on any atom is 0.417 e. The van der Waals surface area contributed by atoms with E-state index in [-0.39, 0.29) is 30.9 Å². The lowest BCUT2D eigenvalue weighted by Gasteiger charge is -2.23. The van der Waals surface area contributed by atoms with Gasteiger partial charge in [-0.2, -0.15) is 17.5 Å². The van der Waals surface area contributed by atoms with Crippen LogP contribution in [0.5, 0.6) is 0 Å². The van der Waals surface area contributed by atoms with E-state index in [0.717, 1.165) is 31.6 Å². The topological polar surface area (TPSA) is 49.4 Å². The van der Waals surface area contributed by atoms with Gasteiger partial charge in [-0.1, -0.05) is 12.1 Å². The second kappa shape index (κ2) is 6.23. The van der Waals surface area contributed by atoms with Crippen LogP contribution in [0.2, 0.25) is 0 Å². The van der Waals surface area contributed by atoms with Crippen LogP contribution in [-0.2, 0) is 16.2 Å². The number of halogens is 4. The molecule has 9 heteroatoms. The summed E-state index contributed by atoms with van der Waals surface area (Å²) >= 11 is 0. The fourth-order valence-electron chi connectivity index (χ4n) is 3.31. The number of nitrogens with one attached hydrogen (secondary N) is 1. The fraction of sp³-hybridized carbons (Fsp3) is 0.571. The predicted molar refractivity (Wildman–Crippen MR) is 82.0 cm³/mol. The van der Waals surface area contributed by atoms with Gasteiger partial charge in [0.25, 0.3) is 0 Å². The minimum atomic E-state index is -4.68. The molecule has 0 radical (unpaired) electrons. The van der Waals surface area contributed by atoms with E-state index >= 15 is 0 Å². The zero-order valence-corrected chi connectivity index (χ0v) is 13.9. The molecule has 1 aromatic carbocycles. The Balaban J connectivity index is 0.00000192. The first-order valence-electron chi connectivity index (χ1n) is 7.12. The van der Waals surface area contributed by atoms with E-state index in [1.54, 1.807) is 0 Å². The maximum absolute atomic E-state index is 13.1. The number of benzene rings is 1. The first-order chi connectivity index (χ1) is 10.2. The quantitative estimate of drug-likeness (QED) is 0.870. The Labute approximate surface area is 139 Å². The van der Waals surface area contributed by atoms with Crippen LogP contribution in [0.3, 0.4) is 0 Å². The summed E-state index contributed by atoms with van der Waals surface area (Å²) in [7, 11) is -4.13. The van der Waals surface area contributed by atoms with E-state index in [4.69, 9.17) is 0 Å². The van der Waals surface area contributed by atoms with Gasteiger partial charge in [-0.3, -0.25) is 0 Å². The van der Waals surface area contributed by atoms with Crippen molar-refractivity contribution in [3.05, 3.63) is 29.8 Å². The van der Waals surface area contributed by atoms with Crippen molar-refractivity contribution in [1.29, 1.82) is 0 Å². The van der Waals surface area contributed by atoms with Crippen molar-refractivity contribution >= 4 is 22.4 Å². The Morgan fingerprint density at radius 2 is 1.87 bits per heavy atom. The summed E-state index contributed by atoms with van der Waals surface area (Å²) < 4.78 is 65.7. The van der Waals surface area contributed by atoms with Crippen LogP contribution in [0, 0.1) is 5.41 Å². The third-order valence-corrected chi connectivity index (χ3v) is 6.45. The molecule has 2 saturated heterocycles. The average Bonchev–Trinajstić information content (AvgIpc) is 3.09. The molecule has 0 saturated carbocycles. The van der Waals surface area contributed by atoms with Crippen LogP contribution in [0.25, 0.3) is 0 Å². The maximum atomic E-state index is 13.1. The Bertz CT molecular complexity index is 673. The number of rotatable bonds is 2. The van der Waals surface area contributed by atoms with Crippen LogP contribution in [0.4, 0.5) is 13.2 Å². The molecule has 2 aliphatic rings. The van der Waals surface area contributed by atoms with Crippen molar-refractivity contribution in [2.75, 3.05) is 26.2 Å². The van der Waals surface area contributed by atoms with E-state index in [9.17, 15) is 21.6 Å². The molecule has 0 bridgehead atoms. The standard InChI is InChI=1S/C14H17F3N2O2S.ClH/c15-14(16,17)11-3-1-2-4-12(11)22(20,21)19-8-6-13(10-19)5-7-18-9-13;/h1-4,18H,5-10H2;1H. The average molecular weight is 371 g/mol. The molecule has 23 heavy (non-hydrogen) atoms. The molecule has 1 atom stereocenters. The van der Waals surface area contributed by atoms with E-state index < -0.39 is 26.7 Å². The van der Waals surface area contributed by atoms with Gasteiger partial charge in [-0.05, 0) is 36.9 Å². The molecule has 1 spiro atoms. The van der Waals surface area contributed by atoms with Gasteiger partial charge in [0.2, 0.25) is 10.0 Å². The van der Waals surface area contributed by atoms with Crippen LogP contribution < -0.4 is 5.32 Å². The van der Waals surface area contributed by atoms with Crippen LogP contribution >= 0.6 is 12.4 Å². The highest BCUT2D eigenvalue weighted by Crippen LogP contribution is 2.40. The second-order valence-electron chi connectivity index (χ2n) is 6.01. The van der Waals surface area contributed by atoms with Gasteiger partial charge < -0.3 is 5.32 Å². The van der Waals surface area contributed by atoms with E-state index in [0.29, 0.717) is 6.42 Å². The predicted octanol–water partition coefficient (Wildman–Crippen LogP) is 2.50. The van der Waals surface area contributed by atoms with Crippen molar-refractivity contribution in [2.24, 2.45) is 5.41 Å². The highest BCUT2D eigenvalue weighted by molar-refractivity contribution is 7.89. The smallest absolute Gasteiger partial charge is 0.316 e. The lowest BCUT2D eigenvalue weighted by atomic mass is 9.87. The minimum absolute atomic E-state index is 0. The second-order valence-corrected chi connectivity index (χ2v) is 7.92. The summed E-state index contributed by atoms with van der Waals surface area (Å²) in [4.78, 5) is -0.648. The normalized spacial score (nSPS) is 25.7. The van der Waals surface area contributed by atoms with Crippen molar-refractivity contribution in [1.82, 2.24) is 9.62 Å². The molecular weight excluding hydrogens is 353 g/mol. The molecule has 1 N–H and O–H groups in total. The molecule has 1 unspecified atom stereocenters. The molecule has 2 aliphatic heterocycles. The van der Waals surface area contributed by atoms with Crippen LogP contribution in [-0.4, -0.2) is 38.9 Å². The molecule has 0 amide bonds. The summed E-state index contributed by atoms with van der Waals surface area (Å²) in [6.45, 7) is 2.11. The number of sulfonamides is 1. The van der Waals surface area contributed by atoms with Crippen molar-refractivity contribution in [3.63, 3.8) is 0 Å². The third-order valence-electron chi connectivity index (χ3n) is 4.55. The number of nitrogens with zero attached hydrogens (tertiary/aromatic N) is 1. The lowest BCUT2D eigenvalue weighted by molar-refractivity contribution is -0.139. The summed E-state index contributed by atoms with van der Waals surface area (Å²) in [6.07, 6.45) is -3.14. The Hall–Kier alpha value is -0.830. The van der Waals surface area contributed by atoms with Crippen LogP contribution in [0.1, 0.15) is 18.4 Å². The minimum Gasteiger partial charge on any atom is -0.316 e. The third kappa shape index (κ3) is 3.35. The number of hydrogen-bond acceptors (Lipinski definition) is 3. The Morgan fingerprint density at radius 3 is 2.48 bits per heavy atom. The summed E-state index contributed by atoms with van der Waals surface area (Å²) in [5, 5.41) is 3.20. The number of alkyl halides is 3. The van der Waals surface area contributed by atoms with Gasteiger partial charge in [-0.25, -0.2) is 8.42 Å². The van der Waals surface area contributed by atoms with E-state index in [1.807, 2.05) is 0 Å². The van der Waals surface area contributed by atoms with Gasteiger partial charge >= 0.3 is 6.18 Å². The molecular formula is C14H18ClF3N2O2S. The van der Waals surface area contributed by atoms with Gasteiger partial charge in [-0.15, -0.1) is 12.4 Å². The summed E-state index contributed by atoms with van der Waals surface area (Å²) in [6, 6.07) is 4.38. The molecule has 0 aromatic heterocycles. The highest BCUT2D eigenvalue weighted by atomic mass is 35.5. The van der Waals surface area contributed by atoms with Crippen molar-refractivity contribution < 1.29 is 21.6 Å². The Morgan fingerprint density at radius 1 is 1.17 bits per heavy atom. The largest absolute Gasteiger partial charge is 0.417 e. The number of hydrogen-bond donors (Lipinski definition) is 1. The lowest BCUT2D eigenvalue weighted by Crippen LogP contribution is -2.34. The molecule has 1 aromatic rings. The van der Waals surface area contributed by atoms with Crippen LogP contribution in [0.15, 0.2) is 29.2 Å². The molecule has 2 heterocycles. The van der Waals surface area contributed by atoms with E-state index in [1.165, 1.54) is 16.4 Å². The SMILES string of the molecule is Cl.O=S(=O)(c1ccccc1C(F)(F)F)N1CCC2(CCNC2)C1. The van der Waals surface area contributed by atoms with Gasteiger partial charge in [0.1, 0.15) is 0 Å². The zero-order chi connectivity index (χ0) is 16.0. The summed E-state index contributed by atoms with van der Waals surface area (Å²) in [5.74, 6) is 0. The monoisotopic (exact) mass is 370 g/mol. The van der Waals surface area contributed by atoms with Gasteiger partial charge in [0, 0.05) is 19.6 Å². The molecule has 4 nitrogen and oxygen atoms in total. The highest BCUT2D eigenvalue weighted by Gasteiger charge is 2.46. The first-order valence-corrected chi connectivity index (χ1v) is 8.56. The summed E-state index contributed by atoms with van der Waals surface area (Å²) in [5.41, 5.74) is -1.22. The molecule has 3 rings (SSSR count). The fourth-order valence-corrected chi connectivity index (χ4v) is 5.07.